The van der Waals surface area contributed by atoms with Crippen LogP contribution in [0, 0.1) is 11.3 Å². The summed E-state index contributed by atoms with van der Waals surface area (Å²) in [5.41, 5.74) is -2.91. The lowest BCUT2D eigenvalue weighted by molar-refractivity contribution is -0.201. The number of likely N-dealkylation sites (tertiary alicyclic amines) is 1. The molecule has 0 aliphatic carbocycles. The highest BCUT2D eigenvalue weighted by Crippen LogP contribution is 2.45. The van der Waals surface area contributed by atoms with Crippen molar-refractivity contribution in [3.63, 3.8) is 0 Å². The minimum absolute atomic E-state index is 0.526. The van der Waals surface area contributed by atoms with Crippen molar-refractivity contribution in [1.82, 2.24) is 4.90 Å². The van der Waals surface area contributed by atoms with Crippen LogP contribution in [0.15, 0.2) is 0 Å². The van der Waals surface area contributed by atoms with E-state index in [-0.39, 0.29) is 0 Å². The SMILES string of the molecule is CC(C)(C)OC(=O)N1CC(C(F)(F)F)C(C)(C(=O)O)C1. The molecule has 0 aromatic heterocycles. The number of carboxylic acids is 1. The zero-order valence-corrected chi connectivity index (χ0v) is 11.7. The molecular weight excluding hydrogens is 279 g/mol. The molecule has 0 aromatic rings. The average Bonchev–Trinajstić information content (AvgIpc) is 2.54. The standard InChI is InChI=1S/C12H18F3NO4/c1-10(2,3)20-9(19)16-5-7(12(13,14)15)11(4,6-16)8(17)18/h7H,5-6H2,1-4H3,(H,17,18). The van der Waals surface area contributed by atoms with Crippen molar-refractivity contribution in [3.05, 3.63) is 0 Å². The molecule has 5 nitrogen and oxygen atoms in total. The van der Waals surface area contributed by atoms with E-state index in [1.54, 1.807) is 20.8 Å². The van der Waals surface area contributed by atoms with E-state index < -0.39 is 48.3 Å². The summed E-state index contributed by atoms with van der Waals surface area (Å²) in [6.45, 7) is 4.51. The van der Waals surface area contributed by atoms with E-state index in [0.717, 1.165) is 11.8 Å². The number of carbonyl (C=O) groups is 2. The molecule has 20 heavy (non-hydrogen) atoms. The van der Waals surface area contributed by atoms with Crippen LogP contribution in [0.1, 0.15) is 27.7 Å². The Morgan fingerprint density at radius 2 is 1.80 bits per heavy atom. The first kappa shape index (κ1) is 16.6. The maximum Gasteiger partial charge on any atom is 0.410 e. The van der Waals surface area contributed by atoms with Gasteiger partial charge in [0.25, 0.3) is 0 Å². The highest BCUT2D eigenvalue weighted by molar-refractivity contribution is 5.78. The molecule has 8 heteroatoms. The molecule has 0 spiro atoms. The molecule has 1 heterocycles. The Morgan fingerprint density at radius 1 is 1.30 bits per heavy atom. The molecule has 1 aliphatic rings. The van der Waals surface area contributed by atoms with Gasteiger partial charge in [0.2, 0.25) is 0 Å². The highest BCUT2D eigenvalue weighted by atomic mass is 19.4. The Morgan fingerprint density at radius 3 is 2.10 bits per heavy atom. The first-order valence-corrected chi connectivity index (χ1v) is 6.05. The quantitative estimate of drug-likeness (QED) is 0.807. The van der Waals surface area contributed by atoms with Gasteiger partial charge in [-0.3, -0.25) is 4.79 Å². The molecule has 2 unspecified atom stereocenters. The van der Waals surface area contributed by atoms with Gasteiger partial charge >= 0.3 is 18.2 Å². The van der Waals surface area contributed by atoms with Crippen molar-refractivity contribution in [2.24, 2.45) is 11.3 Å². The zero-order chi connectivity index (χ0) is 15.9. The van der Waals surface area contributed by atoms with Gasteiger partial charge in [-0.2, -0.15) is 13.2 Å². The van der Waals surface area contributed by atoms with Gasteiger partial charge in [0, 0.05) is 13.1 Å². The molecule has 0 bridgehead atoms. The lowest BCUT2D eigenvalue weighted by Gasteiger charge is -2.27. The van der Waals surface area contributed by atoms with Crippen LogP contribution >= 0.6 is 0 Å². The van der Waals surface area contributed by atoms with Crippen LogP contribution < -0.4 is 0 Å². The number of halogens is 3. The number of nitrogens with zero attached hydrogens (tertiary/aromatic N) is 1. The van der Waals surface area contributed by atoms with Gasteiger partial charge in [-0.15, -0.1) is 0 Å². The van der Waals surface area contributed by atoms with Crippen LogP contribution in [0.5, 0.6) is 0 Å². The third-order valence-corrected chi connectivity index (χ3v) is 3.23. The average molecular weight is 297 g/mol. The van der Waals surface area contributed by atoms with Crippen molar-refractivity contribution in [2.75, 3.05) is 13.1 Å². The molecule has 1 rings (SSSR count). The maximum absolute atomic E-state index is 12.9. The Bertz CT molecular complexity index is 416. The van der Waals surface area contributed by atoms with Gasteiger partial charge in [-0.05, 0) is 27.7 Å². The summed E-state index contributed by atoms with van der Waals surface area (Å²) < 4.78 is 43.8. The van der Waals surface area contributed by atoms with Crippen molar-refractivity contribution < 1.29 is 32.6 Å². The maximum atomic E-state index is 12.9. The summed E-state index contributed by atoms with van der Waals surface area (Å²) in [7, 11) is 0. The van der Waals surface area contributed by atoms with Gasteiger partial charge in [-0.1, -0.05) is 0 Å². The highest BCUT2D eigenvalue weighted by Gasteiger charge is 2.61. The molecule has 1 N–H and O–H groups in total. The molecule has 1 fully saturated rings. The second-order valence-electron chi connectivity index (χ2n) is 6.18. The summed E-state index contributed by atoms with van der Waals surface area (Å²) in [5, 5.41) is 9.06. The predicted molar refractivity (Wildman–Crippen MR) is 63.1 cm³/mol. The number of rotatable bonds is 1. The Labute approximate surface area is 114 Å². The smallest absolute Gasteiger partial charge is 0.410 e. The topological polar surface area (TPSA) is 66.8 Å². The molecular formula is C12H18F3NO4. The van der Waals surface area contributed by atoms with E-state index in [9.17, 15) is 22.8 Å². The zero-order valence-electron chi connectivity index (χ0n) is 11.7. The first-order valence-electron chi connectivity index (χ1n) is 6.05. The molecule has 0 saturated carbocycles. The van der Waals surface area contributed by atoms with Crippen molar-refractivity contribution in [2.45, 2.75) is 39.5 Å². The van der Waals surface area contributed by atoms with E-state index in [1.165, 1.54) is 0 Å². The summed E-state index contributed by atoms with van der Waals surface area (Å²) in [4.78, 5) is 23.7. The fraction of sp³-hybridized carbons (Fsp3) is 0.833. The molecule has 1 aliphatic heterocycles. The monoisotopic (exact) mass is 297 g/mol. The molecule has 1 amide bonds. The van der Waals surface area contributed by atoms with Crippen LogP contribution in [0.4, 0.5) is 18.0 Å². The number of aliphatic carboxylic acids is 1. The first-order chi connectivity index (χ1) is 8.77. The van der Waals surface area contributed by atoms with Gasteiger partial charge in [0.05, 0.1) is 11.3 Å². The lowest BCUT2D eigenvalue weighted by atomic mass is 9.79. The number of carbonyl (C=O) groups excluding carboxylic acids is 1. The summed E-state index contributed by atoms with van der Waals surface area (Å²) in [6, 6.07) is 0. The van der Waals surface area contributed by atoms with Gasteiger partial charge < -0.3 is 14.7 Å². The van der Waals surface area contributed by atoms with Crippen LogP contribution in [0.3, 0.4) is 0 Å². The second-order valence-corrected chi connectivity index (χ2v) is 6.18. The summed E-state index contributed by atoms with van der Waals surface area (Å²) >= 11 is 0. The Balaban J connectivity index is 2.97. The molecule has 1 saturated heterocycles. The third kappa shape index (κ3) is 3.34. The number of carboxylic acid groups (broad SMARTS) is 1. The number of alkyl halides is 3. The van der Waals surface area contributed by atoms with Gasteiger partial charge in [0.15, 0.2) is 0 Å². The molecule has 2 atom stereocenters. The minimum atomic E-state index is -4.69. The number of amides is 1. The van der Waals surface area contributed by atoms with Crippen molar-refractivity contribution in [3.8, 4) is 0 Å². The van der Waals surface area contributed by atoms with E-state index in [4.69, 9.17) is 9.84 Å². The number of hydrogen-bond donors (Lipinski definition) is 1. The largest absolute Gasteiger partial charge is 0.481 e. The third-order valence-electron chi connectivity index (χ3n) is 3.23. The molecule has 0 radical (unpaired) electrons. The lowest BCUT2D eigenvalue weighted by Crippen LogP contribution is -2.42. The van der Waals surface area contributed by atoms with Gasteiger partial charge in [0.1, 0.15) is 5.60 Å². The van der Waals surface area contributed by atoms with Crippen LogP contribution in [-0.2, 0) is 9.53 Å². The fourth-order valence-corrected chi connectivity index (χ4v) is 2.14. The predicted octanol–water partition coefficient (Wildman–Crippen LogP) is 2.51. The molecule has 116 valence electrons. The van der Waals surface area contributed by atoms with Crippen LogP contribution in [0.2, 0.25) is 0 Å². The van der Waals surface area contributed by atoms with Gasteiger partial charge in [-0.25, -0.2) is 4.79 Å². The normalized spacial score (nSPS) is 27.6. The molecule has 0 aromatic carbocycles. The Kier molecular flexibility index (Phi) is 4.00. The minimum Gasteiger partial charge on any atom is -0.481 e. The van der Waals surface area contributed by atoms with E-state index in [0.29, 0.717) is 0 Å². The summed E-state index contributed by atoms with van der Waals surface area (Å²) in [5.74, 6) is -3.69. The van der Waals surface area contributed by atoms with Crippen LogP contribution in [0.25, 0.3) is 0 Å². The van der Waals surface area contributed by atoms with E-state index in [2.05, 4.69) is 0 Å². The number of ether oxygens (including phenoxy) is 1. The summed E-state index contributed by atoms with van der Waals surface area (Å²) in [6.07, 6.45) is -5.62. The van der Waals surface area contributed by atoms with Crippen molar-refractivity contribution in [1.29, 1.82) is 0 Å². The Hall–Kier alpha value is -1.47. The van der Waals surface area contributed by atoms with E-state index in [1.807, 2.05) is 0 Å². The van der Waals surface area contributed by atoms with E-state index >= 15 is 0 Å². The number of hydrogen-bond acceptors (Lipinski definition) is 3. The van der Waals surface area contributed by atoms with Crippen molar-refractivity contribution >= 4 is 12.1 Å². The second kappa shape index (κ2) is 4.82. The van der Waals surface area contributed by atoms with Crippen LogP contribution in [-0.4, -0.2) is 46.9 Å². The fourth-order valence-electron chi connectivity index (χ4n) is 2.14.